The molecule has 0 radical (unpaired) electrons. The summed E-state index contributed by atoms with van der Waals surface area (Å²) in [7, 11) is 0. The predicted molar refractivity (Wildman–Crippen MR) is 86.8 cm³/mol. The summed E-state index contributed by atoms with van der Waals surface area (Å²) in [5.74, 6) is -12.6. The number of halogens is 5. The maximum absolute atomic E-state index is 13.6. The quantitative estimate of drug-likeness (QED) is 0.179. The van der Waals surface area contributed by atoms with Gasteiger partial charge in [-0.25, -0.2) is 22.0 Å². The second kappa shape index (κ2) is 8.98. The smallest absolute Gasteiger partial charge is 0.308 e. The number of rotatable bonds is 8. The maximum Gasteiger partial charge on any atom is 0.308 e. The second-order valence-corrected chi connectivity index (χ2v) is 6.22. The first-order valence-corrected chi connectivity index (χ1v) is 8.33. The van der Waals surface area contributed by atoms with Crippen LogP contribution in [-0.4, -0.2) is 30.3 Å². The van der Waals surface area contributed by atoms with Gasteiger partial charge in [-0.3, -0.25) is 9.59 Å². The van der Waals surface area contributed by atoms with E-state index < -0.39 is 52.5 Å². The van der Waals surface area contributed by atoms with Crippen molar-refractivity contribution in [1.82, 2.24) is 0 Å². The largest absolute Gasteiger partial charge is 0.465 e. The summed E-state index contributed by atoms with van der Waals surface area (Å²) in [5, 5.41) is 5.02. The van der Waals surface area contributed by atoms with Crippen LogP contribution in [0.3, 0.4) is 0 Å². The molecular formula is C17H17F5N2O4. The summed E-state index contributed by atoms with van der Waals surface area (Å²) in [6.45, 7) is 2.77. The molecule has 1 fully saturated rings. The van der Waals surface area contributed by atoms with Gasteiger partial charge in [0.25, 0.3) is 5.91 Å². The number of nitrogens with zero attached hydrogens (tertiary/aromatic N) is 1. The predicted octanol–water partition coefficient (Wildman–Crippen LogP) is 3.44. The molecule has 1 saturated carbocycles. The summed E-state index contributed by atoms with van der Waals surface area (Å²) in [5.41, 5.74) is -1.92. The van der Waals surface area contributed by atoms with Crippen molar-refractivity contribution in [3.8, 4) is 0 Å². The zero-order valence-corrected chi connectivity index (χ0v) is 15.0. The van der Waals surface area contributed by atoms with E-state index in [0.717, 1.165) is 19.8 Å². The lowest BCUT2D eigenvalue weighted by Gasteiger charge is -2.12. The third kappa shape index (κ3) is 5.17. The summed E-state index contributed by atoms with van der Waals surface area (Å²) >= 11 is 0. The van der Waals surface area contributed by atoms with E-state index >= 15 is 0 Å². The first-order chi connectivity index (χ1) is 13.1. The molecule has 0 aromatic heterocycles. The average Bonchev–Trinajstić information content (AvgIpc) is 3.51. The number of nitrogens with one attached hydrogen (secondary N) is 1. The highest BCUT2D eigenvalue weighted by atomic mass is 19.2. The number of anilines is 1. The van der Waals surface area contributed by atoms with Crippen molar-refractivity contribution in [2.75, 3.05) is 11.9 Å². The molecule has 154 valence electrons. The third-order valence-corrected chi connectivity index (χ3v) is 3.83. The topological polar surface area (TPSA) is 77.0 Å². The third-order valence-electron chi connectivity index (χ3n) is 3.83. The summed E-state index contributed by atoms with van der Waals surface area (Å²) in [6, 6.07) is 0. The summed E-state index contributed by atoms with van der Waals surface area (Å²) in [6.07, 6.45) is 1.33. The molecule has 1 aliphatic rings. The van der Waals surface area contributed by atoms with E-state index in [4.69, 9.17) is 9.57 Å². The van der Waals surface area contributed by atoms with Gasteiger partial charge in [-0.05, 0) is 26.7 Å². The van der Waals surface area contributed by atoms with Crippen LogP contribution in [0.4, 0.5) is 27.6 Å². The molecule has 1 atom stereocenters. The van der Waals surface area contributed by atoms with Crippen molar-refractivity contribution in [3.05, 3.63) is 29.1 Å². The standard InChI is InChI=1S/C17H17F5N2O4/c1-7(5-6-27-17(26)9-3-4-9)28-24-8(2)16(25)23-15-13(21)11(19)10(18)12(20)14(15)22/h7,9H,3-6H2,1-2H3,(H,23,25)/b24-8-. The molecular weight excluding hydrogens is 391 g/mol. The Morgan fingerprint density at radius 3 is 2.14 bits per heavy atom. The minimum absolute atomic E-state index is 0.0397. The fraction of sp³-hybridized carbons (Fsp3) is 0.471. The van der Waals surface area contributed by atoms with Gasteiger partial charge in [0, 0.05) is 6.42 Å². The highest BCUT2D eigenvalue weighted by Crippen LogP contribution is 2.30. The van der Waals surface area contributed by atoms with Gasteiger partial charge in [-0.1, -0.05) is 5.16 Å². The Kier molecular flexibility index (Phi) is 6.92. The highest BCUT2D eigenvalue weighted by Gasteiger charge is 2.31. The number of carbonyl (C=O) groups is 2. The van der Waals surface area contributed by atoms with Gasteiger partial charge < -0.3 is 14.9 Å². The minimum atomic E-state index is -2.34. The molecule has 0 heterocycles. The molecule has 0 spiro atoms. The van der Waals surface area contributed by atoms with Crippen LogP contribution in [0.1, 0.15) is 33.1 Å². The van der Waals surface area contributed by atoms with E-state index in [1.807, 2.05) is 0 Å². The first-order valence-electron chi connectivity index (χ1n) is 8.33. The van der Waals surface area contributed by atoms with Crippen LogP contribution in [-0.2, 0) is 19.2 Å². The van der Waals surface area contributed by atoms with Gasteiger partial charge >= 0.3 is 5.97 Å². The van der Waals surface area contributed by atoms with E-state index in [0.29, 0.717) is 0 Å². The summed E-state index contributed by atoms with van der Waals surface area (Å²) in [4.78, 5) is 28.2. The maximum atomic E-state index is 13.6. The average molecular weight is 408 g/mol. The number of ether oxygens (including phenoxy) is 1. The minimum Gasteiger partial charge on any atom is -0.465 e. The molecule has 0 bridgehead atoms. The van der Waals surface area contributed by atoms with E-state index in [1.54, 1.807) is 12.2 Å². The summed E-state index contributed by atoms with van der Waals surface area (Å²) < 4.78 is 71.4. The van der Waals surface area contributed by atoms with Crippen LogP contribution in [0.25, 0.3) is 0 Å². The monoisotopic (exact) mass is 408 g/mol. The van der Waals surface area contributed by atoms with Gasteiger partial charge in [-0.15, -0.1) is 0 Å². The van der Waals surface area contributed by atoms with Gasteiger partial charge in [0.15, 0.2) is 23.3 Å². The van der Waals surface area contributed by atoms with Crippen LogP contribution in [0.5, 0.6) is 0 Å². The van der Waals surface area contributed by atoms with Crippen LogP contribution < -0.4 is 5.32 Å². The zero-order chi connectivity index (χ0) is 21.0. The van der Waals surface area contributed by atoms with Crippen molar-refractivity contribution in [3.63, 3.8) is 0 Å². The first kappa shape index (κ1) is 21.6. The number of esters is 1. The van der Waals surface area contributed by atoms with Crippen LogP contribution in [0, 0.1) is 35.0 Å². The molecule has 28 heavy (non-hydrogen) atoms. The van der Waals surface area contributed by atoms with Crippen molar-refractivity contribution < 1.29 is 41.1 Å². The molecule has 1 aromatic carbocycles. The molecule has 1 aliphatic carbocycles. The normalized spacial score (nSPS) is 15.2. The molecule has 2 rings (SSSR count). The van der Waals surface area contributed by atoms with Crippen LogP contribution in [0.2, 0.25) is 0 Å². The molecule has 1 aromatic rings. The molecule has 1 unspecified atom stereocenters. The van der Waals surface area contributed by atoms with Crippen molar-refractivity contribution in [2.24, 2.45) is 11.1 Å². The highest BCUT2D eigenvalue weighted by molar-refractivity contribution is 6.42. The number of hydrogen-bond acceptors (Lipinski definition) is 5. The lowest BCUT2D eigenvalue weighted by Crippen LogP contribution is -2.24. The Morgan fingerprint density at radius 2 is 1.61 bits per heavy atom. The Morgan fingerprint density at radius 1 is 1.07 bits per heavy atom. The zero-order valence-electron chi connectivity index (χ0n) is 15.0. The Bertz CT molecular complexity index is 782. The van der Waals surface area contributed by atoms with Crippen molar-refractivity contribution in [1.29, 1.82) is 0 Å². The van der Waals surface area contributed by atoms with Crippen LogP contribution in [0.15, 0.2) is 5.16 Å². The Hall–Kier alpha value is -2.72. The fourth-order valence-corrected chi connectivity index (χ4v) is 1.94. The molecule has 1 amide bonds. The number of carbonyl (C=O) groups excluding carboxylic acids is 2. The van der Waals surface area contributed by atoms with Crippen LogP contribution >= 0.6 is 0 Å². The van der Waals surface area contributed by atoms with Gasteiger partial charge in [0.05, 0.1) is 12.5 Å². The molecule has 11 heteroatoms. The fourth-order valence-electron chi connectivity index (χ4n) is 1.94. The number of oxime groups is 1. The van der Waals surface area contributed by atoms with E-state index in [2.05, 4.69) is 5.16 Å². The molecule has 1 N–H and O–H groups in total. The lowest BCUT2D eigenvalue weighted by molar-refractivity contribution is -0.146. The van der Waals surface area contributed by atoms with Gasteiger partial charge in [-0.2, -0.15) is 0 Å². The number of amides is 1. The lowest BCUT2D eigenvalue weighted by atomic mass is 10.2. The van der Waals surface area contributed by atoms with E-state index in [9.17, 15) is 31.5 Å². The van der Waals surface area contributed by atoms with Crippen molar-refractivity contribution >= 4 is 23.3 Å². The van der Waals surface area contributed by atoms with Gasteiger partial charge in [0.2, 0.25) is 5.82 Å². The molecule has 0 saturated heterocycles. The second-order valence-electron chi connectivity index (χ2n) is 6.22. The van der Waals surface area contributed by atoms with E-state index in [-0.39, 0.29) is 24.9 Å². The SMILES string of the molecule is C/C(=N/OC(C)CCOC(=O)C1CC1)C(=O)Nc1c(F)c(F)c(F)c(F)c1F. The van der Waals surface area contributed by atoms with Gasteiger partial charge in [0.1, 0.15) is 17.5 Å². The Balaban J connectivity index is 1.90. The molecule has 0 aliphatic heterocycles. The number of benzene rings is 1. The Labute approximate surface area is 156 Å². The molecule has 6 nitrogen and oxygen atoms in total. The number of hydrogen-bond donors (Lipinski definition) is 1. The van der Waals surface area contributed by atoms with E-state index in [1.165, 1.54) is 0 Å². The van der Waals surface area contributed by atoms with Crippen molar-refractivity contribution in [2.45, 2.75) is 39.2 Å².